The highest BCUT2D eigenvalue weighted by Gasteiger charge is 2.66. The van der Waals surface area contributed by atoms with E-state index >= 15 is 0 Å². The summed E-state index contributed by atoms with van der Waals surface area (Å²) in [6.45, 7) is 9.38. The molecule has 4 saturated carbocycles. The maximum Gasteiger partial charge on any atom is 0.139 e. The summed E-state index contributed by atoms with van der Waals surface area (Å²) < 4.78 is 0. The first-order chi connectivity index (χ1) is 13.3. The fraction of sp³-hybridized carbons (Fsp3) is 0.958. The van der Waals surface area contributed by atoms with Crippen LogP contribution in [0.4, 0.5) is 0 Å². The van der Waals surface area contributed by atoms with E-state index in [9.17, 15) is 9.90 Å². The second-order valence-electron chi connectivity index (χ2n) is 11.5. The van der Waals surface area contributed by atoms with Gasteiger partial charge >= 0.3 is 0 Å². The van der Waals surface area contributed by atoms with Crippen LogP contribution < -0.4 is 5.32 Å². The molecule has 1 heterocycles. The molecule has 5 fully saturated rings. The highest BCUT2D eigenvalue weighted by molar-refractivity contribution is 8.00. The van der Waals surface area contributed by atoms with Gasteiger partial charge in [0.05, 0.1) is 5.60 Å². The number of fused-ring (bicyclic) bond motifs is 5. The van der Waals surface area contributed by atoms with E-state index in [0.29, 0.717) is 34.7 Å². The van der Waals surface area contributed by atoms with Crippen molar-refractivity contribution in [3.63, 3.8) is 0 Å². The topological polar surface area (TPSA) is 49.3 Å². The van der Waals surface area contributed by atoms with Crippen LogP contribution >= 0.6 is 11.8 Å². The lowest BCUT2D eigenvalue weighted by molar-refractivity contribution is -0.217. The van der Waals surface area contributed by atoms with Gasteiger partial charge in [-0.2, -0.15) is 11.8 Å². The number of Topliss-reactive ketones (excluding diaryl/α,β-unsaturated/α-hetero) is 1. The predicted octanol–water partition coefficient (Wildman–Crippen LogP) is 4.42. The summed E-state index contributed by atoms with van der Waals surface area (Å²) in [4.78, 5) is 12.7. The summed E-state index contributed by atoms with van der Waals surface area (Å²) in [6.07, 6.45) is 9.76. The number of carbonyl (C=O) groups is 1. The summed E-state index contributed by atoms with van der Waals surface area (Å²) in [5, 5.41) is 16.9. The zero-order valence-corrected chi connectivity index (χ0v) is 18.8. The van der Waals surface area contributed by atoms with Gasteiger partial charge in [0.2, 0.25) is 0 Å². The molecule has 1 aliphatic heterocycles. The minimum atomic E-state index is -0.508. The molecular formula is C24H39NO2S. The van der Waals surface area contributed by atoms with Gasteiger partial charge in [-0.15, -0.1) is 0 Å². The van der Waals surface area contributed by atoms with E-state index in [1.54, 1.807) is 0 Å². The Kier molecular flexibility index (Phi) is 4.77. The third-order valence-electron chi connectivity index (χ3n) is 10.2. The van der Waals surface area contributed by atoms with Crippen LogP contribution in [0.1, 0.15) is 78.6 Å². The summed E-state index contributed by atoms with van der Waals surface area (Å²) in [6, 6.07) is 0. The van der Waals surface area contributed by atoms with Crippen LogP contribution in [0.15, 0.2) is 0 Å². The van der Waals surface area contributed by atoms with Crippen molar-refractivity contribution in [2.75, 3.05) is 13.1 Å². The number of aliphatic hydroxyl groups is 1. The molecule has 0 unspecified atom stereocenters. The van der Waals surface area contributed by atoms with Gasteiger partial charge in [-0.05, 0) is 87.0 Å². The SMILES string of the molecule is C[C@@H]1C[C@@]2(O)C[C@H](S[C@H]3CCNC3)CC[C@]2(C)[C@H]2CC[C@]3(C)C(=O)CC[C@H]3[C@H]12. The molecule has 5 aliphatic rings. The quantitative estimate of drug-likeness (QED) is 0.714. The van der Waals surface area contributed by atoms with E-state index in [0.717, 1.165) is 56.9 Å². The highest BCUT2D eigenvalue weighted by atomic mass is 32.2. The first-order valence-corrected chi connectivity index (χ1v) is 12.8. The van der Waals surface area contributed by atoms with Gasteiger partial charge in [0, 0.05) is 28.9 Å². The molecule has 0 spiro atoms. The molecule has 0 radical (unpaired) electrons. The molecule has 0 bridgehead atoms. The average molecular weight is 406 g/mol. The van der Waals surface area contributed by atoms with Crippen molar-refractivity contribution in [1.82, 2.24) is 5.32 Å². The Labute approximate surface area is 175 Å². The monoisotopic (exact) mass is 405 g/mol. The minimum Gasteiger partial charge on any atom is -0.389 e. The highest BCUT2D eigenvalue weighted by Crippen LogP contribution is 2.68. The van der Waals surface area contributed by atoms with Crippen LogP contribution in [0, 0.1) is 34.5 Å². The molecular weight excluding hydrogens is 366 g/mol. The third kappa shape index (κ3) is 2.73. The third-order valence-corrected chi connectivity index (χ3v) is 11.8. The Morgan fingerprint density at radius 3 is 2.61 bits per heavy atom. The number of rotatable bonds is 2. The lowest BCUT2D eigenvalue weighted by atomic mass is 9.42. The lowest BCUT2D eigenvalue weighted by Gasteiger charge is -2.65. The van der Waals surface area contributed by atoms with E-state index in [4.69, 9.17) is 0 Å². The van der Waals surface area contributed by atoms with Gasteiger partial charge in [0.1, 0.15) is 5.78 Å². The standard InChI is InChI=1S/C24H39NO2S/c1-15-12-24(27)13-16(28-17-8-11-25-14-17)6-10-23(24,3)19-7-9-22(2)18(21(15)19)4-5-20(22)26/h15-19,21,25,27H,4-14H2,1-3H3/t15-,16-,17+,18+,19+,21+,22+,23-,24-/m1/s1. The van der Waals surface area contributed by atoms with E-state index in [1.807, 2.05) is 0 Å². The second-order valence-corrected chi connectivity index (χ2v) is 13.1. The molecule has 9 atom stereocenters. The number of carbonyl (C=O) groups excluding carboxylic acids is 1. The number of hydrogen-bond acceptors (Lipinski definition) is 4. The smallest absolute Gasteiger partial charge is 0.139 e. The molecule has 4 aliphatic carbocycles. The van der Waals surface area contributed by atoms with Crippen molar-refractivity contribution in [2.45, 2.75) is 94.7 Å². The molecule has 0 amide bonds. The summed E-state index contributed by atoms with van der Waals surface area (Å²) >= 11 is 2.16. The van der Waals surface area contributed by atoms with Crippen LogP contribution in [0.25, 0.3) is 0 Å². The Morgan fingerprint density at radius 1 is 1.04 bits per heavy atom. The van der Waals surface area contributed by atoms with E-state index in [-0.39, 0.29) is 10.8 Å². The van der Waals surface area contributed by atoms with Crippen molar-refractivity contribution >= 4 is 17.5 Å². The Balaban J connectivity index is 1.39. The van der Waals surface area contributed by atoms with Crippen molar-refractivity contribution in [3.05, 3.63) is 0 Å². The van der Waals surface area contributed by atoms with E-state index < -0.39 is 5.60 Å². The predicted molar refractivity (Wildman–Crippen MR) is 115 cm³/mol. The van der Waals surface area contributed by atoms with Gasteiger partial charge in [0.15, 0.2) is 0 Å². The van der Waals surface area contributed by atoms with Crippen molar-refractivity contribution in [1.29, 1.82) is 0 Å². The van der Waals surface area contributed by atoms with E-state index in [1.165, 1.54) is 19.3 Å². The fourth-order valence-electron chi connectivity index (χ4n) is 8.56. The first kappa shape index (κ1) is 19.9. The van der Waals surface area contributed by atoms with Gasteiger partial charge in [0.25, 0.3) is 0 Å². The summed E-state index contributed by atoms with van der Waals surface area (Å²) in [7, 11) is 0. The molecule has 4 heteroatoms. The zero-order chi connectivity index (χ0) is 19.7. The maximum atomic E-state index is 12.7. The van der Waals surface area contributed by atoms with E-state index in [2.05, 4.69) is 37.8 Å². The zero-order valence-electron chi connectivity index (χ0n) is 18.0. The minimum absolute atomic E-state index is 0.0438. The van der Waals surface area contributed by atoms with Crippen LogP contribution in [-0.4, -0.2) is 40.1 Å². The largest absolute Gasteiger partial charge is 0.389 e. The Morgan fingerprint density at radius 2 is 1.86 bits per heavy atom. The van der Waals surface area contributed by atoms with Crippen LogP contribution in [0.5, 0.6) is 0 Å². The normalized spacial score (nSPS) is 56.2. The van der Waals surface area contributed by atoms with Gasteiger partial charge < -0.3 is 10.4 Å². The average Bonchev–Trinajstić information content (AvgIpc) is 3.25. The number of ketones is 1. The molecule has 2 N–H and O–H groups in total. The summed E-state index contributed by atoms with van der Waals surface area (Å²) in [5.74, 6) is 2.87. The fourth-order valence-corrected chi connectivity index (χ4v) is 10.2. The van der Waals surface area contributed by atoms with Crippen LogP contribution in [0.2, 0.25) is 0 Å². The molecule has 1 saturated heterocycles. The van der Waals surface area contributed by atoms with Crippen molar-refractivity contribution in [3.8, 4) is 0 Å². The molecule has 3 nitrogen and oxygen atoms in total. The van der Waals surface area contributed by atoms with Crippen LogP contribution in [-0.2, 0) is 4.79 Å². The Bertz CT molecular complexity index is 649. The number of nitrogens with one attached hydrogen (secondary N) is 1. The molecule has 5 rings (SSSR count). The van der Waals surface area contributed by atoms with Crippen molar-refractivity contribution in [2.24, 2.45) is 34.5 Å². The molecule has 158 valence electrons. The number of hydrogen-bond donors (Lipinski definition) is 2. The Hall–Kier alpha value is -0.0600. The maximum absolute atomic E-state index is 12.7. The number of thioether (sulfide) groups is 1. The molecule has 28 heavy (non-hydrogen) atoms. The van der Waals surface area contributed by atoms with Gasteiger partial charge in [-0.3, -0.25) is 4.79 Å². The van der Waals surface area contributed by atoms with Gasteiger partial charge in [-0.25, -0.2) is 0 Å². The van der Waals surface area contributed by atoms with Crippen molar-refractivity contribution < 1.29 is 9.90 Å². The molecule has 0 aromatic carbocycles. The lowest BCUT2D eigenvalue weighted by Crippen LogP contribution is -2.64. The van der Waals surface area contributed by atoms with Gasteiger partial charge in [-0.1, -0.05) is 20.8 Å². The second kappa shape index (κ2) is 6.72. The summed E-state index contributed by atoms with van der Waals surface area (Å²) in [5.41, 5.74) is -0.530. The first-order valence-electron chi connectivity index (χ1n) is 11.9. The molecule has 0 aromatic rings. The van der Waals surface area contributed by atoms with Crippen LogP contribution in [0.3, 0.4) is 0 Å². The molecule has 0 aromatic heterocycles.